The SMILES string of the molecule is O=C(OCc1cc([N+](=O)[O-])cc2c1OCOC2)C1CCCC1. The van der Waals surface area contributed by atoms with Gasteiger partial charge in [-0.2, -0.15) is 0 Å². The zero-order valence-corrected chi connectivity index (χ0v) is 12.1. The van der Waals surface area contributed by atoms with Crippen molar-refractivity contribution < 1.29 is 23.9 Å². The number of hydrogen-bond donors (Lipinski definition) is 0. The van der Waals surface area contributed by atoms with Crippen LogP contribution < -0.4 is 4.74 Å². The van der Waals surface area contributed by atoms with E-state index in [-0.39, 0.29) is 37.6 Å². The van der Waals surface area contributed by atoms with Crippen LogP contribution in [0.25, 0.3) is 0 Å². The van der Waals surface area contributed by atoms with E-state index in [2.05, 4.69) is 0 Å². The summed E-state index contributed by atoms with van der Waals surface area (Å²) < 4.78 is 15.9. The van der Waals surface area contributed by atoms with Crippen LogP contribution in [0.1, 0.15) is 36.8 Å². The quantitative estimate of drug-likeness (QED) is 0.483. The lowest BCUT2D eigenvalue weighted by atomic mass is 10.1. The molecule has 0 spiro atoms. The van der Waals surface area contributed by atoms with Gasteiger partial charge >= 0.3 is 5.97 Å². The lowest BCUT2D eigenvalue weighted by molar-refractivity contribution is -0.385. The van der Waals surface area contributed by atoms with E-state index in [1.54, 1.807) is 0 Å². The molecule has 0 aromatic heterocycles. The molecule has 0 atom stereocenters. The lowest BCUT2D eigenvalue weighted by Gasteiger charge is -2.20. The molecular weight excluding hydrogens is 290 g/mol. The monoisotopic (exact) mass is 307 g/mol. The van der Waals surface area contributed by atoms with Crippen LogP contribution in [-0.2, 0) is 27.5 Å². The minimum absolute atomic E-state index is 0.0145. The third-order valence-corrected chi connectivity index (χ3v) is 4.04. The maximum Gasteiger partial charge on any atom is 0.309 e. The van der Waals surface area contributed by atoms with Crippen LogP contribution in [0.3, 0.4) is 0 Å². The summed E-state index contributed by atoms with van der Waals surface area (Å²) in [6.45, 7) is 0.328. The molecule has 0 amide bonds. The summed E-state index contributed by atoms with van der Waals surface area (Å²) in [4.78, 5) is 22.5. The molecule has 118 valence electrons. The topological polar surface area (TPSA) is 87.9 Å². The molecule has 1 saturated carbocycles. The summed E-state index contributed by atoms with van der Waals surface area (Å²) in [5.41, 5.74) is 1.06. The highest BCUT2D eigenvalue weighted by Crippen LogP contribution is 2.33. The van der Waals surface area contributed by atoms with Gasteiger partial charge in [-0.3, -0.25) is 14.9 Å². The maximum absolute atomic E-state index is 12.0. The molecule has 1 aliphatic heterocycles. The van der Waals surface area contributed by atoms with Crippen LogP contribution in [0.2, 0.25) is 0 Å². The minimum atomic E-state index is -0.475. The molecule has 0 unspecified atom stereocenters. The van der Waals surface area contributed by atoms with Gasteiger partial charge in [0.1, 0.15) is 12.4 Å². The molecule has 3 rings (SSSR count). The van der Waals surface area contributed by atoms with Gasteiger partial charge in [-0.15, -0.1) is 0 Å². The fourth-order valence-corrected chi connectivity index (χ4v) is 2.92. The molecule has 1 aromatic carbocycles. The van der Waals surface area contributed by atoms with Gasteiger partial charge in [0.05, 0.1) is 17.4 Å². The first-order chi connectivity index (χ1) is 10.6. The number of ether oxygens (including phenoxy) is 3. The van der Waals surface area contributed by atoms with E-state index in [1.165, 1.54) is 12.1 Å². The van der Waals surface area contributed by atoms with Gasteiger partial charge < -0.3 is 14.2 Å². The summed E-state index contributed by atoms with van der Waals surface area (Å²) in [6.07, 6.45) is 3.81. The second kappa shape index (κ2) is 6.31. The molecule has 7 heteroatoms. The fourth-order valence-electron chi connectivity index (χ4n) is 2.92. The normalized spacial score (nSPS) is 17.6. The molecule has 1 fully saturated rings. The Morgan fingerprint density at radius 2 is 2.14 bits per heavy atom. The summed E-state index contributed by atoms with van der Waals surface area (Å²) >= 11 is 0. The highest BCUT2D eigenvalue weighted by molar-refractivity contribution is 5.72. The van der Waals surface area contributed by atoms with Crippen LogP contribution in [-0.4, -0.2) is 17.7 Å². The Bertz CT molecular complexity index is 594. The second-order valence-electron chi connectivity index (χ2n) is 5.55. The van der Waals surface area contributed by atoms with E-state index in [4.69, 9.17) is 14.2 Å². The van der Waals surface area contributed by atoms with Gasteiger partial charge in [0, 0.05) is 23.3 Å². The lowest BCUT2D eigenvalue weighted by Crippen LogP contribution is -2.17. The van der Waals surface area contributed by atoms with Crippen molar-refractivity contribution in [3.8, 4) is 5.75 Å². The molecule has 0 bridgehead atoms. The molecular formula is C15H17NO6. The Morgan fingerprint density at radius 1 is 1.36 bits per heavy atom. The molecule has 1 heterocycles. The molecule has 1 aliphatic carbocycles. The van der Waals surface area contributed by atoms with Gasteiger partial charge in [0.2, 0.25) is 0 Å². The van der Waals surface area contributed by atoms with Crippen molar-refractivity contribution in [1.82, 2.24) is 0 Å². The highest BCUT2D eigenvalue weighted by Gasteiger charge is 2.26. The third-order valence-electron chi connectivity index (χ3n) is 4.04. The van der Waals surface area contributed by atoms with Crippen molar-refractivity contribution in [2.45, 2.75) is 38.9 Å². The summed E-state index contributed by atoms with van der Waals surface area (Å²) in [6, 6.07) is 2.82. The largest absolute Gasteiger partial charge is 0.467 e. The van der Waals surface area contributed by atoms with Crippen LogP contribution in [0, 0.1) is 16.0 Å². The van der Waals surface area contributed by atoms with E-state index < -0.39 is 4.92 Å². The van der Waals surface area contributed by atoms with E-state index in [9.17, 15) is 14.9 Å². The molecule has 0 radical (unpaired) electrons. The highest BCUT2D eigenvalue weighted by atomic mass is 16.7. The predicted molar refractivity (Wildman–Crippen MR) is 75.1 cm³/mol. The minimum Gasteiger partial charge on any atom is -0.467 e. The third kappa shape index (κ3) is 3.04. The second-order valence-corrected chi connectivity index (χ2v) is 5.55. The van der Waals surface area contributed by atoms with Gasteiger partial charge in [-0.05, 0) is 12.8 Å². The molecule has 1 aromatic rings. The van der Waals surface area contributed by atoms with Crippen LogP contribution >= 0.6 is 0 Å². The van der Waals surface area contributed by atoms with Crippen molar-refractivity contribution in [1.29, 1.82) is 0 Å². The number of non-ortho nitro benzene ring substituents is 1. The first-order valence-electron chi connectivity index (χ1n) is 7.32. The zero-order chi connectivity index (χ0) is 15.5. The number of nitrogens with zero attached hydrogens (tertiary/aromatic N) is 1. The number of nitro benzene ring substituents is 1. The number of rotatable bonds is 4. The summed E-state index contributed by atoms with van der Waals surface area (Å²) in [7, 11) is 0. The number of fused-ring (bicyclic) bond motifs is 1. The number of hydrogen-bond acceptors (Lipinski definition) is 6. The smallest absolute Gasteiger partial charge is 0.309 e. The number of nitro groups is 1. The Kier molecular flexibility index (Phi) is 4.24. The van der Waals surface area contributed by atoms with Gasteiger partial charge in [-0.1, -0.05) is 12.8 Å². The molecule has 22 heavy (non-hydrogen) atoms. The summed E-state index contributed by atoms with van der Waals surface area (Å²) in [5, 5.41) is 11.0. The van der Waals surface area contributed by atoms with Crippen LogP contribution in [0.4, 0.5) is 5.69 Å². The average molecular weight is 307 g/mol. The molecule has 7 nitrogen and oxygen atoms in total. The van der Waals surface area contributed by atoms with Crippen LogP contribution in [0.5, 0.6) is 5.75 Å². The van der Waals surface area contributed by atoms with Crippen molar-refractivity contribution in [3.05, 3.63) is 33.4 Å². The van der Waals surface area contributed by atoms with Crippen molar-refractivity contribution in [3.63, 3.8) is 0 Å². The molecule has 0 saturated heterocycles. The Labute approximate surface area is 127 Å². The fraction of sp³-hybridized carbons (Fsp3) is 0.533. The zero-order valence-electron chi connectivity index (χ0n) is 12.1. The van der Waals surface area contributed by atoms with E-state index in [0.717, 1.165) is 25.7 Å². The Balaban J connectivity index is 1.77. The van der Waals surface area contributed by atoms with Crippen LogP contribution in [0.15, 0.2) is 12.1 Å². The average Bonchev–Trinajstić information content (AvgIpc) is 3.06. The van der Waals surface area contributed by atoms with E-state index in [0.29, 0.717) is 16.9 Å². The standard InChI is InChI=1S/C15H17NO6/c17-15(10-3-1-2-4-10)21-8-12-6-13(16(18)19)5-11-7-20-9-22-14(11)12/h5-6,10H,1-4,7-9H2. The Morgan fingerprint density at radius 3 is 2.86 bits per heavy atom. The Hall–Kier alpha value is -2.15. The van der Waals surface area contributed by atoms with E-state index in [1.807, 2.05) is 0 Å². The van der Waals surface area contributed by atoms with Crippen molar-refractivity contribution in [2.24, 2.45) is 5.92 Å². The number of esters is 1. The number of carbonyl (C=O) groups is 1. The first-order valence-corrected chi connectivity index (χ1v) is 7.32. The van der Waals surface area contributed by atoms with Gasteiger partial charge in [0.15, 0.2) is 6.79 Å². The van der Waals surface area contributed by atoms with Crippen molar-refractivity contribution >= 4 is 11.7 Å². The first kappa shape index (κ1) is 14.8. The number of carbonyl (C=O) groups excluding carboxylic acids is 1. The molecule has 2 aliphatic rings. The number of benzene rings is 1. The maximum atomic E-state index is 12.0. The predicted octanol–water partition coefficient (Wildman–Crippen LogP) is 2.69. The van der Waals surface area contributed by atoms with E-state index >= 15 is 0 Å². The van der Waals surface area contributed by atoms with Gasteiger partial charge in [0.25, 0.3) is 5.69 Å². The summed E-state index contributed by atoms with van der Waals surface area (Å²) in [5.74, 6) is 0.250. The molecule has 0 N–H and O–H groups in total. The van der Waals surface area contributed by atoms with Crippen molar-refractivity contribution in [2.75, 3.05) is 6.79 Å². The van der Waals surface area contributed by atoms with Gasteiger partial charge in [-0.25, -0.2) is 0 Å².